The van der Waals surface area contributed by atoms with Gasteiger partial charge in [0, 0.05) is 5.56 Å². The molecule has 5 heteroatoms. The van der Waals surface area contributed by atoms with E-state index in [4.69, 9.17) is 4.52 Å². The molecular weight excluding hydrogens is 332 g/mol. The third kappa shape index (κ3) is 3.19. The van der Waals surface area contributed by atoms with Crippen LogP contribution in [0.2, 0.25) is 0 Å². The van der Waals surface area contributed by atoms with Crippen molar-refractivity contribution in [1.82, 2.24) is 10.1 Å². The number of hydrogen-bond donors (Lipinski definition) is 1. The molecule has 0 spiro atoms. The van der Waals surface area contributed by atoms with Crippen molar-refractivity contribution in [1.29, 1.82) is 0 Å². The highest BCUT2D eigenvalue weighted by Gasteiger charge is 2.17. The molecule has 2 heterocycles. The van der Waals surface area contributed by atoms with E-state index in [-0.39, 0.29) is 11.7 Å². The van der Waals surface area contributed by atoms with Crippen molar-refractivity contribution >= 4 is 11.3 Å². The molecule has 0 radical (unpaired) electrons. The maximum absolute atomic E-state index is 9.40. The second-order valence-electron chi connectivity index (χ2n) is 5.86. The predicted octanol–water partition coefficient (Wildman–Crippen LogP) is 5.32. The molecule has 4 aromatic rings. The van der Waals surface area contributed by atoms with E-state index in [1.807, 2.05) is 31.2 Å². The molecule has 25 heavy (non-hydrogen) atoms. The lowest BCUT2D eigenvalue weighted by Crippen LogP contribution is -1.96. The maximum atomic E-state index is 9.40. The number of phenols is 1. The number of benzene rings is 2. The van der Waals surface area contributed by atoms with Gasteiger partial charge in [-0.15, -0.1) is 0 Å². The molecule has 0 saturated heterocycles. The van der Waals surface area contributed by atoms with Crippen molar-refractivity contribution in [2.45, 2.75) is 12.8 Å². The van der Waals surface area contributed by atoms with Gasteiger partial charge in [0.1, 0.15) is 5.75 Å². The molecule has 0 aliphatic rings. The highest BCUT2D eigenvalue weighted by atomic mass is 32.1. The molecular formula is C20H16N2O2S. The number of hydrogen-bond acceptors (Lipinski definition) is 5. The Labute approximate surface area is 149 Å². The molecule has 0 bridgehead atoms. The highest BCUT2D eigenvalue weighted by Crippen LogP contribution is 2.28. The van der Waals surface area contributed by atoms with Gasteiger partial charge in [-0.05, 0) is 52.6 Å². The van der Waals surface area contributed by atoms with Crippen molar-refractivity contribution in [2.24, 2.45) is 0 Å². The second kappa shape index (κ2) is 6.53. The van der Waals surface area contributed by atoms with E-state index in [0.29, 0.717) is 11.7 Å². The number of thiophene rings is 1. The van der Waals surface area contributed by atoms with Crippen molar-refractivity contribution in [2.75, 3.05) is 0 Å². The average Bonchev–Trinajstić information content (AvgIpc) is 3.34. The monoisotopic (exact) mass is 348 g/mol. The topological polar surface area (TPSA) is 59.2 Å². The maximum Gasteiger partial charge on any atom is 0.234 e. The fraction of sp³-hybridized carbons (Fsp3) is 0.100. The molecule has 1 N–H and O–H groups in total. The van der Waals surface area contributed by atoms with Crippen LogP contribution in [0.4, 0.5) is 0 Å². The first-order valence-corrected chi connectivity index (χ1v) is 8.90. The Morgan fingerprint density at radius 3 is 2.32 bits per heavy atom. The average molecular weight is 348 g/mol. The Kier molecular flexibility index (Phi) is 4.07. The van der Waals surface area contributed by atoms with Gasteiger partial charge in [0.15, 0.2) is 0 Å². The minimum Gasteiger partial charge on any atom is -0.508 e. The third-order valence-corrected chi connectivity index (χ3v) is 4.89. The summed E-state index contributed by atoms with van der Waals surface area (Å²) in [7, 11) is 0. The predicted molar refractivity (Wildman–Crippen MR) is 98.7 cm³/mol. The Hall–Kier alpha value is -2.92. The summed E-state index contributed by atoms with van der Waals surface area (Å²) in [5.74, 6) is 1.35. The largest absolute Gasteiger partial charge is 0.508 e. The van der Waals surface area contributed by atoms with Gasteiger partial charge in [-0.3, -0.25) is 0 Å². The van der Waals surface area contributed by atoms with Crippen LogP contribution in [0.15, 0.2) is 69.9 Å². The second-order valence-corrected chi connectivity index (χ2v) is 6.64. The summed E-state index contributed by atoms with van der Waals surface area (Å²) < 4.78 is 5.45. The lowest BCUT2D eigenvalue weighted by molar-refractivity contribution is 0.370. The summed E-state index contributed by atoms with van der Waals surface area (Å²) in [4.78, 5) is 4.53. The van der Waals surface area contributed by atoms with Gasteiger partial charge in [0.25, 0.3) is 0 Å². The van der Waals surface area contributed by atoms with Crippen LogP contribution in [-0.4, -0.2) is 15.2 Å². The van der Waals surface area contributed by atoms with E-state index < -0.39 is 0 Å². The Morgan fingerprint density at radius 1 is 0.920 bits per heavy atom. The molecule has 2 aromatic heterocycles. The van der Waals surface area contributed by atoms with E-state index in [1.165, 1.54) is 11.1 Å². The zero-order chi connectivity index (χ0) is 17.2. The zero-order valence-electron chi connectivity index (χ0n) is 13.6. The SMILES string of the molecule is CC(c1ccc(O)cc1)c1nc(-c2ccc(-c3ccsc3)cc2)no1. The van der Waals surface area contributed by atoms with Gasteiger partial charge >= 0.3 is 0 Å². The Bertz CT molecular complexity index is 958. The lowest BCUT2D eigenvalue weighted by atomic mass is 10.0. The Morgan fingerprint density at radius 2 is 1.64 bits per heavy atom. The van der Waals surface area contributed by atoms with E-state index in [1.54, 1.807) is 23.5 Å². The molecule has 1 unspecified atom stereocenters. The van der Waals surface area contributed by atoms with E-state index in [9.17, 15) is 5.11 Å². The fourth-order valence-electron chi connectivity index (χ4n) is 2.67. The van der Waals surface area contributed by atoms with Gasteiger partial charge in [-0.2, -0.15) is 16.3 Å². The molecule has 2 aromatic carbocycles. The molecule has 124 valence electrons. The van der Waals surface area contributed by atoms with Crippen LogP contribution in [0, 0.1) is 0 Å². The molecule has 0 aliphatic heterocycles. The third-order valence-electron chi connectivity index (χ3n) is 4.20. The molecule has 4 rings (SSSR count). The molecule has 0 aliphatic carbocycles. The first-order chi connectivity index (χ1) is 12.2. The summed E-state index contributed by atoms with van der Waals surface area (Å²) >= 11 is 1.68. The smallest absolute Gasteiger partial charge is 0.234 e. The molecule has 0 saturated carbocycles. The van der Waals surface area contributed by atoms with Gasteiger partial charge in [0.2, 0.25) is 11.7 Å². The summed E-state index contributed by atoms with van der Waals surface area (Å²) in [6, 6.07) is 17.3. The quantitative estimate of drug-likeness (QED) is 0.542. The summed E-state index contributed by atoms with van der Waals surface area (Å²) in [6.45, 7) is 2.00. The normalized spacial score (nSPS) is 12.2. The zero-order valence-corrected chi connectivity index (χ0v) is 14.4. The van der Waals surface area contributed by atoms with Crippen LogP contribution in [-0.2, 0) is 0 Å². The summed E-state index contributed by atoms with van der Waals surface area (Å²) in [6.07, 6.45) is 0. The molecule has 4 nitrogen and oxygen atoms in total. The molecule has 1 atom stereocenters. The molecule has 0 amide bonds. The number of rotatable bonds is 4. The minimum atomic E-state index is -0.0353. The van der Waals surface area contributed by atoms with Crippen LogP contribution >= 0.6 is 11.3 Å². The number of phenolic OH excluding ortho intramolecular Hbond substituents is 1. The van der Waals surface area contributed by atoms with Crippen LogP contribution < -0.4 is 0 Å². The van der Waals surface area contributed by atoms with Crippen molar-refractivity contribution in [3.05, 3.63) is 76.8 Å². The minimum absolute atomic E-state index is 0.0353. The molecule has 0 fully saturated rings. The van der Waals surface area contributed by atoms with Gasteiger partial charge < -0.3 is 9.63 Å². The summed E-state index contributed by atoms with van der Waals surface area (Å²) in [5, 5.41) is 17.7. The van der Waals surface area contributed by atoms with Gasteiger partial charge in [-0.25, -0.2) is 0 Å². The van der Waals surface area contributed by atoms with E-state index in [2.05, 4.69) is 39.1 Å². The van der Waals surface area contributed by atoms with Crippen molar-refractivity contribution < 1.29 is 9.63 Å². The van der Waals surface area contributed by atoms with Gasteiger partial charge in [-0.1, -0.05) is 41.6 Å². The van der Waals surface area contributed by atoms with Crippen LogP contribution in [0.25, 0.3) is 22.5 Å². The highest BCUT2D eigenvalue weighted by molar-refractivity contribution is 7.08. The number of aromatic nitrogens is 2. The van der Waals surface area contributed by atoms with Crippen LogP contribution in [0.3, 0.4) is 0 Å². The Balaban J connectivity index is 1.57. The summed E-state index contributed by atoms with van der Waals surface area (Å²) in [5.41, 5.74) is 4.32. The van der Waals surface area contributed by atoms with Crippen molar-refractivity contribution in [3.8, 4) is 28.3 Å². The van der Waals surface area contributed by atoms with Crippen molar-refractivity contribution in [3.63, 3.8) is 0 Å². The van der Waals surface area contributed by atoms with E-state index in [0.717, 1.165) is 11.1 Å². The first kappa shape index (κ1) is 15.6. The van der Waals surface area contributed by atoms with Crippen LogP contribution in [0.5, 0.6) is 5.75 Å². The lowest BCUT2D eigenvalue weighted by Gasteiger charge is -2.06. The number of aromatic hydroxyl groups is 1. The van der Waals surface area contributed by atoms with Gasteiger partial charge in [0.05, 0.1) is 5.92 Å². The number of nitrogens with zero attached hydrogens (tertiary/aromatic N) is 2. The van der Waals surface area contributed by atoms with E-state index >= 15 is 0 Å². The van der Waals surface area contributed by atoms with Crippen LogP contribution in [0.1, 0.15) is 24.3 Å². The first-order valence-electron chi connectivity index (χ1n) is 7.96. The standard InChI is InChI=1S/C20H16N2O2S/c1-13(14-6-8-18(23)9-7-14)20-21-19(22-24-20)16-4-2-15(3-5-16)17-10-11-25-12-17/h2-13,23H,1H3. The fourth-order valence-corrected chi connectivity index (χ4v) is 3.34.